The summed E-state index contributed by atoms with van der Waals surface area (Å²) in [6, 6.07) is 0. The highest BCUT2D eigenvalue weighted by atomic mass is 16.1. The molecule has 1 atom stereocenters. The van der Waals surface area contributed by atoms with E-state index >= 15 is 0 Å². The molecule has 0 bridgehead atoms. The van der Waals surface area contributed by atoms with Crippen molar-refractivity contribution in [1.29, 1.82) is 0 Å². The Morgan fingerprint density at radius 3 is 2.73 bits per heavy atom. The Labute approximate surface area is 68.5 Å². The lowest BCUT2D eigenvalue weighted by Crippen LogP contribution is -2.27. The minimum atomic E-state index is 0.106. The van der Waals surface area contributed by atoms with Gasteiger partial charge in [0.25, 0.3) is 0 Å². The zero-order chi connectivity index (χ0) is 8.48. The maximum Gasteiger partial charge on any atom is 0.158 e. The molecule has 11 heavy (non-hydrogen) atoms. The number of ketones is 1. The van der Waals surface area contributed by atoms with Crippen LogP contribution in [0.2, 0.25) is 0 Å². The summed E-state index contributed by atoms with van der Waals surface area (Å²) in [4.78, 5) is 11.3. The minimum absolute atomic E-state index is 0.106. The van der Waals surface area contributed by atoms with Crippen molar-refractivity contribution in [3.8, 4) is 0 Å². The van der Waals surface area contributed by atoms with Crippen LogP contribution in [0.25, 0.3) is 0 Å². The van der Waals surface area contributed by atoms with Crippen LogP contribution in [-0.4, -0.2) is 5.78 Å². The van der Waals surface area contributed by atoms with E-state index in [0.717, 1.165) is 24.8 Å². The first-order valence-corrected chi connectivity index (χ1v) is 4.33. The summed E-state index contributed by atoms with van der Waals surface area (Å²) < 4.78 is 0. The zero-order valence-electron chi connectivity index (χ0n) is 7.44. The van der Waals surface area contributed by atoms with Gasteiger partial charge in [-0.2, -0.15) is 0 Å². The predicted octanol–water partition coefficient (Wildman–Crippen LogP) is 2.71. The SMILES string of the molecule is C=C1C(=O)CCCC1(C)CC. The summed E-state index contributed by atoms with van der Waals surface area (Å²) in [5.41, 5.74) is 0.959. The third-order valence-corrected chi connectivity index (χ3v) is 2.98. The van der Waals surface area contributed by atoms with Crippen LogP contribution in [-0.2, 0) is 4.79 Å². The predicted molar refractivity (Wildman–Crippen MR) is 46.4 cm³/mol. The molecular weight excluding hydrogens is 136 g/mol. The lowest BCUT2D eigenvalue weighted by molar-refractivity contribution is -0.118. The molecule has 1 aliphatic rings. The van der Waals surface area contributed by atoms with Crippen molar-refractivity contribution < 1.29 is 4.79 Å². The molecule has 1 unspecified atom stereocenters. The smallest absolute Gasteiger partial charge is 0.158 e. The van der Waals surface area contributed by atoms with Crippen LogP contribution in [0.3, 0.4) is 0 Å². The van der Waals surface area contributed by atoms with Crippen LogP contribution >= 0.6 is 0 Å². The van der Waals surface area contributed by atoms with Gasteiger partial charge in [-0.15, -0.1) is 0 Å². The number of carbonyl (C=O) groups is 1. The molecule has 1 rings (SSSR count). The highest BCUT2D eigenvalue weighted by Crippen LogP contribution is 2.40. The molecular formula is C10H16O. The molecule has 0 radical (unpaired) electrons. The molecule has 0 aliphatic heterocycles. The molecule has 0 aromatic rings. The quantitative estimate of drug-likeness (QED) is 0.528. The number of rotatable bonds is 1. The maximum atomic E-state index is 11.3. The van der Waals surface area contributed by atoms with Gasteiger partial charge in [0.2, 0.25) is 0 Å². The van der Waals surface area contributed by atoms with E-state index in [1.807, 2.05) is 0 Å². The van der Waals surface area contributed by atoms with Crippen molar-refractivity contribution in [2.75, 3.05) is 0 Å². The second kappa shape index (κ2) is 2.80. The van der Waals surface area contributed by atoms with Crippen LogP contribution in [0.15, 0.2) is 12.2 Å². The average molecular weight is 152 g/mol. The molecule has 1 saturated carbocycles. The topological polar surface area (TPSA) is 17.1 Å². The number of allylic oxidation sites excluding steroid dienone is 1. The van der Waals surface area contributed by atoms with Gasteiger partial charge in [-0.3, -0.25) is 4.79 Å². The van der Waals surface area contributed by atoms with Gasteiger partial charge in [0, 0.05) is 6.42 Å². The Morgan fingerprint density at radius 1 is 1.64 bits per heavy atom. The van der Waals surface area contributed by atoms with Crippen molar-refractivity contribution in [2.24, 2.45) is 5.41 Å². The molecule has 1 aliphatic carbocycles. The summed E-state index contributed by atoms with van der Waals surface area (Å²) >= 11 is 0. The van der Waals surface area contributed by atoms with Crippen molar-refractivity contribution in [1.82, 2.24) is 0 Å². The number of hydrogen-bond donors (Lipinski definition) is 0. The molecule has 0 N–H and O–H groups in total. The largest absolute Gasteiger partial charge is 0.295 e. The monoisotopic (exact) mass is 152 g/mol. The van der Waals surface area contributed by atoms with E-state index in [4.69, 9.17) is 0 Å². The van der Waals surface area contributed by atoms with Gasteiger partial charge in [0.15, 0.2) is 5.78 Å². The van der Waals surface area contributed by atoms with Crippen molar-refractivity contribution in [3.63, 3.8) is 0 Å². The van der Waals surface area contributed by atoms with E-state index in [1.54, 1.807) is 0 Å². The summed E-state index contributed by atoms with van der Waals surface area (Å²) in [6.45, 7) is 8.14. The Hall–Kier alpha value is -0.590. The van der Waals surface area contributed by atoms with Crippen molar-refractivity contribution in [2.45, 2.75) is 39.5 Å². The average Bonchev–Trinajstić information content (AvgIpc) is 2.00. The van der Waals surface area contributed by atoms with Crippen LogP contribution < -0.4 is 0 Å². The summed E-state index contributed by atoms with van der Waals surface area (Å²) in [6.07, 6.45) is 3.93. The molecule has 0 saturated heterocycles. The van der Waals surface area contributed by atoms with Gasteiger partial charge in [0.05, 0.1) is 0 Å². The molecule has 1 heteroatoms. The second-order valence-corrected chi connectivity index (χ2v) is 3.67. The highest BCUT2D eigenvalue weighted by molar-refractivity contribution is 5.96. The number of carbonyl (C=O) groups excluding carboxylic acids is 1. The van der Waals surface area contributed by atoms with Crippen LogP contribution in [0.5, 0.6) is 0 Å². The minimum Gasteiger partial charge on any atom is -0.295 e. The van der Waals surface area contributed by atoms with E-state index in [1.165, 1.54) is 0 Å². The second-order valence-electron chi connectivity index (χ2n) is 3.67. The zero-order valence-corrected chi connectivity index (χ0v) is 7.44. The van der Waals surface area contributed by atoms with E-state index in [9.17, 15) is 4.79 Å². The molecule has 1 nitrogen and oxygen atoms in total. The highest BCUT2D eigenvalue weighted by Gasteiger charge is 2.32. The van der Waals surface area contributed by atoms with Gasteiger partial charge in [0.1, 0.15) is 0 Å². The Morgan fingerprint density at radius 2 is 2.27 bits per heavy atom. The number of hydrogen-bond acceptors (Lipinski definition) is 1. The summed E-state index contributed by atoms with van der Waals surface area (Å²) in [5.74, 6) is 0.278. The van der Waals surface area contributed by atoms with Crippen molar-refractivity contribution in [3.05, 3.63) is 12.2 Å². The third kappa shape index (κ3) is 1.37. The fourth-order valence-corrected chi connectivity index (χ4v) is 1.67. The third-order valence-electron chi connectivity index (χ3n) is 2.98. The van der Waals surface area contributed by atoms with Gasteiger partial charge in [-0.1, -0.05) is 20.4 Å². The maximum absolute atomic E-state index is 11.3. The van der Waals surface area contributed by atoms with E-state index < -0.39 is 0 Å². The molecule has 0 aromatic heterocycles. The van der Waals surface area contributed by atoms with E-state index in [0.29, 0.717) is 6.42 Å². The lowest BCUT2D eigenvalue weighted by atomic mass is 9.70. The first kappa shape index (κ1) is 8.51. The molecule has 0 heterocycles. The van der Waals surface area contributed by atoms with Crippen molar-refractivity contribution >= 4 is 5.78 Å². The molecule has 1 fully saturated rings. The van der Waals surface area contributed by atoms with Crippen LogP contribution in [0, 0.1) is 5.41 Å². The molecule has 62 valence electrons. The number of Topliss-reactive ketones (excluding diaryl/α,β-unsaturated/α-hetero) is 1. The van der Waals surface area contributed by atoms with E-state index in [-0.39, 0.29) is 11.2 Å². The normalized spacial score (nSPS) is 32.5. The lowest BCUT2D eigenvalue weighted by Gasteiger charge is -2.33. The van der Waals surface area contributed by atoms with Gasteiger partial charge in [-0.05, 0) is 30.3 Å². The Bertz CT molecular complexity index is 193. The van der Waals surface area contributed by atoms with Gasteiger partial charge in [-0.25, -0.2) is 0 Å². The Kier molecular flexibility index (Phi) is 2.17. The summed E-state index contributed by atoms with van der Waals surface area (Å²) in [5, 5.41) is 0. The first-order valence-electron chi connectivity index (χ1n) is 4.33. The van der Waals surface area contributed by atoms with Gasteiger partial charge < -0.3 is 0 Å². The fraction of sp³-hybridized carbons (Fsp3) is 0.700. The fourth-order valence-electron chi connectivity index (χ4n) is 1.67. The van der Waals surface area contributed by atoms with Gasteiger partial charge >= 0.3 is 0 Å². The van der Waals surface area contributed by atoms with E-state index in [2.05, 4.69) is 20.4 Å². The van der Waals surface area contributed by atoms with Crippen LogP contribution in [0.1, 0.15) is 39.5 Å². The first-order chi connectivity index (χ1) is 5.10. The molecule has 0 spiro atoms. The molecule has 0 aromatic carbocycles. The Balaban J connectivity index is 2.81. The molecule has 0 amide bonds. The van der Waals surface area contributed by atoms with Crippen LogP contribution in [0.4, 0.5) is 0 Å². The standard InChI is InChI=1S/C10H16O/c1-4-10(3)7-5-6-9(11)8(10)2/h2,4-7H2,1,3H3. The summed E-state index contributed by atoms with van der Waals surface area (Å²) in [7, 11) is 0.